The lowest BCUT2D eigenvalue weighted by Crippen LogP contribution is -1.87. The van der Waals surface area contributed by atoms with Gasteiger partial charge in [0.05, 0.1) is 22.6 Å². The van der Waals surface area contributed by atoms with Crippen LogP contribution < -0.4 is 0 Å². The summed E-state index contributed by atoms with van der Waals surface area (Å²) in [4.78, 5) is 12.5. The Hall–Kier alpha value is -4.32. The lowest BCUT2D eigenvalue weighted by atomic mass is 10.0. The van der Waals surface area contributed by atoms with E-state index in [0.717, 1.165) is 61.3 Å². The molecule has 0 aliphatic carbocycles. The Bertz CT molecular complexity index is 1580. The Morgan fingerprint density at radius 1 is 0.750 bits per heavy atom. The van der Waals surface area contributed by atoms with Gasteiger partial charge < -0.3 is 4.98 Å². The fourth-order valence-corrected chi connectivity index (χ4v) is 4.20. The predicted octanol–water partition coefficient (Wildman–Crippen LogP) is 6.28. The van der Waals surface area contributed by atoms with Gasteiger partial charge in [0.2, 0.25) is 0 Å². The van der Waals surface area contributed by atoms with Crippen LogP contribution in [-0.4, -0.2) is 25.1 Å². The van der Waals surface area contributed by atoms with Crippen molar-refractivity contribution in [3.63, 3.8) is 0 Å². The van der Waals surface area contributed by atoms with E-state index in [0.29, 0.717) is 0 Å². The van der Waals surface area contributed by atoms with Crippen LogP contribution in [0, 0.1) is 12.7 Å². The Morgan fingerprint density at radius 2 is 1.66 bits per heavy atom. The van der Waals surface area contributed by atoms with Gasteiger partial charge in [-0.3, -0.25) is 15.1 Å². The molecule has 2 aromatic carbocycles. The summed E-state index contributed by atoms with van der Waals surface area (Å²) in [5.74, 6) is -0.269. The highest BCUT2D eigenvalue weighted by molar-refractivity contribution is 6.00. The van der Waals surface area contributed by atoms with Gasteiger partial charge in [-0.1, -0.05) is 12.1 Å². The predicted molar refractivity (Wildman–Crippen MR) is 125 cm³/mol. The quantitative estimate of drug-likeness (QED) is 0.354. The molecule has 2 N–H and O–H groups in total. The number of pyridine rings is 2. The molecule has 154 valence electrons. The highest BCUT2D eigenvalue weighted by Gasteiger charge is 2.15. The summed E-state index contributed by atoms with van der Waals surface area (Å²) in [6, 6.07) is 20.9. The maximum absolute atomic E-state index is 14.0. The van der Waals surface area contributed by atoms with Gasteiger partial charge in [0.15, 0.2) is 0 Å². The first kappa shape index (κ1) is 18.4. The van der Waals surface area contributed by atoms with Crippen LogP contribution in [0.4, 0.5) is 4.39 Å². The Morgan fingerprint density at radius 3 is 2.50 bits per heavy atom. The second-order valence-electron chi connectivity index (χ2n) is 7.87. The van der Waals surface area contributed by atoms with E-state index in [4.69, 9.17) is 0 Å². The molecule has 0 aliphatic heterocycles. The van der Waals surface area contributed by atoms with E-state index in [-0.39, 0.29) is 5.82 Å². The molecule has 0 amide bonds. The smallest absolute Gasteiger partial charge is 0.124 e. The molecule has 0 fully saturated rings. The molecule has 32 heavy (non-hydrogen) atoms. The molecule has 0 saturated carbocycles. The van der Waals surface area contributed by atoms with Crippen LogP contribution in [0.15, 0.2) is 79.1 Å². The second kappa shape index (κ2) is 7.13. The zero-order chi connectivity index (χ0) is 21.7. The van der Waals surface area contributed by atoms with E-state index in [9.17, 15) is 4.39 Å². The van der Waals surface area contributed by atoms with Gasteiger partial charge in [0.25, 0.3) is 0 Å². The summed E-state index contributed by atoms with van der Waals surface area (Å²) < 4.78 is 14.0. The molecule has 0 bridgehead atoms. The Labute approximate surface area is 183 Å². The lowest BCUT2D eigenvalue weighted by molar-refractivity contribution is 0.627. The SMILES string of the molecule is Cc1cc(F)cc(-c2nccc3[nH]c(-c4n[nH]c5ccc(-c6ccccn6)cc45)cc23)c1. The summed E-state index contributed by atoms with van der Waals surface area (Å²) in [7, 11) is 0. The summed E-state index contributed by atoms with van der Waals surface area (Å²) >= 11 is 0. The van der Waals surface area contributed by atoms with E-state index in [1.165, 1.54) is 12.1 Å². The summed E-state index contributed by atoms with van der Waals surface area (Å²) in [6.45, 7) is 1.88. The highest BCUT2D eigenvalue weighted by Crippen LogP contribution is 2.34. The summed E-state index contributed by atoms with van der Waals surface area (Å²) in [5, 5.41) is 9.60. The standard InChI is InChI=1S/C26H18FN5/c1-15-10-17(12-18(27)11-15)25-20-14-24(30-22(20)7-9-29-25)26-19-13-16(5-6-23(19)31-32-26)21-4-2-3-8-28-21/h2-14,30H,1H3,(H,31,32). The molecule has 0 unspecified atom stereocenters. The third-order valence-corrected chi connectivity index (χ3v) is 5.64. The number of halogens is 1. The number of fused-ring (bicyclic) bond motifs is 2. The number of rotatable bonds is 3. The van der Waals surface area contributed by atoms with Crippen LogP contribution in [0.5, 0.6) is 0 Å². The van der Waals surface area contributed by atoms with Crippen LogP contribution in [0.1, 0.15) is 5.56 Å². The number of aromatic amines is 2. The molecule has 4 heterocycles. The number of nitrogens with zero attached hydrogens (tertiary/aromatic N) is 3. The number of benzene rings is 2. The largest absolute Gasteiger partial charge is 0.353 e. The van der Waals surface area contributed by atoms with Crippen LogP contribution in [-0.2, 0) is 0 Å². The number of hydrogen-bond donors (Lipinski definition) is 2. The van der Waals surface area contributed by atoms with Crippen LogP contribution >= 0.6 is 0 Å². The number of aryl methyl sites for hydroxylation is 1. The fraction of sp³-hybridized carbons (Fsp3) is 0.0385. The van der Waals surface area contributed by atoms with Crippen molar-refractivity contribution in [2.75, 3.05) is 0 Å². The van der Waals surface area contributed by atoms with Crippen molar-refractivity contribution in [1.29, 1.82) is 0 Å². The first-order valence-corrected chi connectivity index (χ1v) is 10.3. The van der Waals surface area contributed by atoms with Gasteiger partial charge in [-0.2, -0.15) is 5.10 Å². The van der Waals surface area contributed by atoms with E-state index in [1.54, 1.807) is 12.4 Å². The van der Waals surface area contributed by atoms with Gasteiger partial charge >= 0.3 is 0 Å². The van der Waals surface area contributed by atoms with Gasteiger partial charge in [-0.15, -0.1) is 0 Å². The molecular weight excluding hydrogens is 401 g/mol. The van der Waals surface area contributed by atoms with Crippen LogP contribution in [0.25, 0.3) is 55.7 Å². The van der Waals surface area contributed by atoms with Crippen molar-refractivity contribution < 1.29 is 4.39 Å². The van der Waals surface area contributed by atoms with Crippen molar-refractivity contribution in [2.24, 2.45) is 0 Å². The fourth-order valence-electron chi connectivity index (χ4n) is 4.20. The zero-order valence-corrected chi connectivity index (χ0v) is 17.2. The first-order valence-electron chi connectivity index (χ1n) is 10.3. The van der Waals surface area contributed by atoms with Gasteiger partial charge in [-0.05, 0) is 67.1 Å². The molecule has 0 spiro atoms. The van der Waals surface area contributed by atoms with E-state index >= 15 is 0 Å². The molecule has 6 rings (SSSR count). The van der Waals surface area contributed by atoms with Crippen molar-refractivity contribution >= 4 is 21.8 Å². The Balaban J connectivity index is 1.52. The maximum atomic E-state index is 14.0. The highest BCUT2D eigenvalue weighted by atomic mass is 19.1. The van der Waals surface area contributed by atoms with Crippen LogP contribution in [0.2, 0.25) is 0 Å². The minimum absolute atomic E-state index is 0.269. The van der Waals surface area contributed by atoms with Crippen molar-refractivity contribution in [2.45, 2.75) is 6.92 Å². The van der Waals surface area contributed by atoms with E-state index in [1.807, 2.05) is 55.5 Å². The normalized spacial score (nSPS) is 11.4. The molecule has 0 radical (unpaired) electrons. The Kier molecular flexibility index (Phi) is 4.11. The van der Waals surface area contributed by atoms with Gasteiger partial charge in [-0.25, -0.2) is 4.39 Å². The summed E-state index contributed by atoms with van der Waals surface area (Å²) in [6.07, 6.45) is 3.52. The zero-order valence-electron chi connectivity index (χ0n) is 17.2. The molecule has 6 heteroatoms. The number of nitrogens with one attached hydrogen (secondary N) is 2. The number of aromatic nitrogens is 5. The minimum atomic E-state index is -0.269. The van der Waals surface area contributed by atoms with E-state index in [2.05, 4.69) is 31.2 Å². The van der Waals surface area contributed by atoms with Crippen molar-refractivity contribution in [3.8, 4) is 33.9 Å². The monoisotopic (exact) mass is 419 g/mol. The molecule has 0 saturated heterocycles. The molecule has 4 aromatic heterocycles. The third kappa shape index (κ3) is 3.04. The average molecular weight is 419 g/mol. The maximum Gasteiger partial charge on any atom is 0.124 e. The van der Waals surface area contributed by atoms with Crippen molar-refractivity contribution in [1.82, 2.24) is 25.1 Å². The third-order valence-electron chi connectivity index (χ3n) is 5.64. The summed E-state index contributed by atoms with van der Waals surface area (Å²) in [5.41, 5.74) is 7.82. The number of hydrogen-bond acceptors (Lipinski definition) is 3. The van der Waals surface area contributed by atoms with Crippen molar-refractivity contribution in [3.05, 3.63) is 90.5 Å². The number of H-pyrrole nitrogens is 2. The molecule has 6 aromatic rings. The molecule has 0 atom stereocenters. The first-order chi connectivity index (χ1) is 15.7. The minimum Gasteiger partial charge on any atom is -0.353 e. The van der Waals surface area contributed by atoms with Gasteiger partial charge in [0.1, 0.15) is 11.5 Å². The molecule has 5 nitrogen and oxygen atoms in total. The second-order valence-corrected chi connectivity index (χ2v) is 7.87. The van der Waals surface area contributed by atoms with E-state index < -0.39 is 0 Å². The molecular formula is C26H18FN5. The average Bonchev–Trinajstić information content (AvgIpc) is 3.42. The lowest BCUT2D eigenvalue weighted by Gasteiger charge is -2.04. The van der Waals surface area contributed by atoms with Gasteiger partial charge in [0, 0.05) is 39.8 Å². The molecule has 0 aliphatic rings. The topological polar surface area (TPSA) is 70.2 Å². The van der Waals surface area contributed by atoms with Crippen LogP contribution in [0.3, 0.4) is 0 Å².